The summed E-state index contributed by atoms with van der Waals surface area (Å²) in [5.74, 6) is 0.354. The number of anilines is 2. The zero-order valence-corrected chi connectivity index (χ0v) is 16.8. The highest BCUT2D eigenvalue weighted by Crippen LogP contribution is 2.31. The molecule has 1 N–H and O–H groups in total. The van der Waals surface area contributed by atoms with Crippen molar-refractivity contribution >= 4 is 23.5 Å². The van der Waals surface area contributed by atoms with Crippen LogP contribution in [0.15, 0.2) is 52.9 Å². The zero-order valence-electron chi connectivity index (χ0n) is 16.8. The van der Waals surface area contributed by atoms with Crippen molar-refractivity contribution in [1.29, 1.82) is 0 Å². The molecule has 2 heterocycles. The Morgan fingerprint density at radius 2 is 1.97 bits per heavy atom. The van der Waals surface area contributed by atoms with Crippen LogP contribution in [0.3, 0.4) is 0 Å². The first-order valence-electron chi connectivity index (χ1n) is 9.69. The van der Waals surface area contributed by atoms with E-state index in [2.05, 4.69) is 15.5 Å². The van der Waals surface area contributed by atoms with Crippen LogP contribution in [0.5, 0.6) is 5.75 Å². The van der Waals surface area contributed by atoms with Gasteiger partial charge in [0.05, 0.1) is 5.92 Å². The van der Waals surface area contributed by atoms with E-state index in [-0.39, 0.29) is 30.9 Å². The number of nitrogens with one attached hydrogen (secondary N) is 1. The van der Waals surface area contributed by atoms with E-state index in [0.29, 0.717) is 18.2 Å². The lowest BCUT2D eigenvalue weighted by atomic mass is 10.1. The molecule has 3 aromatic rings. The summed E-state index contributed by atoms with van der Waals surface area (Å²) in [4.78, 5) is 26.2. The fourth-order valence-corrected chi connectivity index (χ4v) is 3.36. The van der Waals surface area contributed by atoms with Gasteiger partial charge in [0.15, 0.2) is 6.61 Å². The van der Waals surface area contributed by atoms with Crippen LogP contribution in [0.1, 0.15) is 29.4 Å². The van der Waals surface area contributed by atoms with Gasteiger partial charge in [-0.3, -0.25) is 14.9 Å². The highest BCUT2D eigenvalue weighted by molar-refractivity contribution is 5.96. The number of aryl methyl sites for hydroxylation is 1. The molecule has 2 amide bonds. The van der Waals surface area contributed by atoms with Gasteiger partial charge in [-0.25, -0.2) is 0 Å². The summed E-state index contributed by atoms with van der Waals surface area (Å²) in [6.07, 6.45) is 0.278. The summed E-state index contributed by atoms with van der Waals surface area (Å²) < 4.78 is 11.2. The van der Waals surface area contributed by atoms with Crippen LogP contribution in [-0.2, 0) is 9.59 Å². The number of ether oxygens (including phenoxy) is 1. The maximum absolute atomic E-state index is 12.4. The van der Waals surface area contributed by atoms with Crippen LogP contribution < -0.4 is 15.0 Å². The number of amides is 2. The molecule has 0 bridgehead atoms. The normalized spacial score (nSPS) is 16.0. The third-order valence-electron chi connectivity index (χ3n) is 5.14. The summed E-state index contributed by atoms with van der Waals surface area (Å²) >= 11 is 0. The van der Waals surface area contributed by atoms with Gasteiger partial charge in [-0.15, -0.1) is 5.10 Å². The molecule has 1 aliphatic heterocycles. The molecule has 30 heavy (non-hydrogen) atoms. The molecular weight excluding hydrogens is 384 g/mol. The summed E-state index contributed by atoms with van der Waals surface area (Å²) in [6.45, 7) is 4.20. The topological polar surface area (TPSA) is 97.6 Å². The highest BCUT2D eigenvalue weighted by Gasteiger charge is 2.35. The lowest BCUT2D eigenvalue weighted by Gasteiger charge is -2.15. The van der Waals surface area contributed by atoms with Gasteiger partial charge >= 0.3 is 6.01 Å². The molecule has 1 saturated heterocycles. The monoisotopic (exact) mass is 406 g/mol. The molecule has 1 unspecified atom stereocenters. The first-order valence-corrected chi connectivity index (χ1v) is 9.69. The van der Waals surface area contributed by atoms with Crippen molar-refractivity contribution < 1.29 is 18.7 Å². The summed E-state index contributed by atoms with van der Waals surface area (Å²) in [5, 5.41) is 10.4. The smallest absolute Gasteiger partial charge is 0.322 e. The van der Waals surface area contributed by atoms with Gasteiger partial charge in [0.1, 0.15) is 5.75 Å². The molecule has 2 aromatic carbocycles. The fraction of sp³-hybridized carbons (Fsp3) is 0.273. The molecule has 4 rings (SSSR count). The second kappa shape index (κ2) is 8.36. The Balaban J connectivity index is 1.34. The van der Waals surface area contributed by atoms with E-state index >= 15 is 0 Å². The maximum Gasteiger partial charge on any atom is 0.322 e. The van der Waals surface area contributed by atoms with Crippen LogP contribution in [0.4, 0.5) is 11.7 Å². The zero-order chi connectivity index (χ0) is 21.1. The number of nitrogens with zero attached hydrogens (tertiary/aromatic N) is 3. The average Bonchev–Trinajstić information content (AvgIpc) is 3.36. The van der Waals surface area contributed by atoms with Crippen molar-refractivity contribution in [1.82, 2.24) is 10.2 Å². The molecule has 1 atom stereocenters. The number of rotatable bonds is 6. The van der Waals surface area contributed by atoms with Crippen molar-refractivity contribution in [2.45, 2.75) is 26.2 Å². The van der Waals surface area contributed by atoms with E-state index in [4.69, 9.17) is 9.15 Å². The number of benzene rings is 2. The molecule has 1 fully saturated rings. The van der Waals surface area contributed by atoms with Crippen molar-refractivity contribution in [2.75, 3.05) is 23.4 Å². The average molecular weight is 406 g/mol. The summed E-state index contributed by atoms with van der Waals surface area (Å²) in [5.41, 5.74) is 2.91. The highest BCUT2D eigenvalue weighted by atomic mass is 16.5. The number of aromatic nitrogens is 2. The predicted molar refractivity (Wildman–Crippen MR) is 110 cm³/mol. The van der Waals surface area contributed by atoms with Crippen LogP contribution in [0.25, 0.3) is 0 Å². The van der Waals surface area contributed by atoms with E-state index in [9.17, 15) is 9.59 Å². The number of para-hydroxylation sites is 1. The third kappa shape index (κ3) is 4.17. The number of carbonyl (C=O) groups is 2. The van der Waals surface area contributed by atoms with Crippen molar-refractivity contribution in [3.05, 3.63) is 65.5 Å². The van der Waals surface area contributed by atoms with Gasteiger partial charge in [-0.05, 0) is 43.2 Å². The lowest BCUT2D eigenvalue weighted by molar-refractivity contribution is -0.118. The predicted octanol–water partition coefficient (Wildman–Crippen LogP) is 3.22. The maximum atomic E-state index is 12.4. The quantitative estimate of drug-likeness (QED) is 0.675. The Morgan fingerprint density at radius 1 is 1.17 bits per heavy atom. The number of hydrogen-bond donors (Lipinski definition) is 1. The summed E-state index contributed by atoms with van der Waals surface area (Å²) in [6, 6.07) is 15.1. The SMILES string of the molecule is Cc1cccc(OCC(=O)Nc2nnc(C3CC(=O)N(c4ccccc4)C3)o2)c1C. The molecule has 8 nitrogen and oxygen atoms in total. The minimum atomic E-state index is -0.403. The van der Waals surface area contributed by atoms with Crippen molar-refractivity contribution in [3.8, 4) is 5.75 Å². The standard InChI is InChI=1S/C22H22N4O4/c1-14-7-6-10-18(15(14)2)29-13-19(27)23-22-25-24-21(30-22)16-11-20(28)26(12-16)17-8-4-3-5-9-17/h3-10,16H,11-13H2,1-2H3,(H,23,25,27). The Hall–Kier alpha value is -3.68. The molecule has 1 aliphatic rings. The van der Waals surface area contributed by atoms with Crippen molar-refractivity contribution in [2.24, 2.45) is 0 Å². The molecule has 8 heteroatoms. The molecule has 0 spiro atoms. The number of carbonyl (C=O) groups excluding carboxylic acids is 2. The largest absolute Gasteiger partial charge is 0.483 e. The molecule has 0 radical (unpaired) electrons. The molecular formula is C22H22N4O4. The fourth-order valence-electron chi connectivity index (χ4n) is 3.36. The van der Waals surface area contributed by atoms with Crippen LogP contribution in [0, 0.1) is 13.8 Å². The molecule has 0 aliphatic carbocycles. The Kier molecular flexibility index (Phi) is 5.47. The van der Waals surface area contributed by atoms with Gasteiger partial charge < -0.3 is 14.1 Å². The van der Waals surface area contributed by atoms with Crippen LogP contribution in [-0.4, -0.2) is 35.2 Å². The number of hydrogen-bond acceptors (Lipinski definition) is 6. The van der Waals surface area contributed by atoms with Gasteiger partial charge in [0.2, 0.25) is 11.8 Å². The van der Waals surface area contributed by atoms with Gasteiger partial charge in [0, 0.05) is 18.7 Å². The minimum Gasteiger partial charge on any atom is -0.483 e. The van der Waals surface area contributed by atoms with Gasteiger partial charge in [-0.1, -0.05) is 35.4 Å². The first-order chi connectivity index (χ1) is 14.5. The van der Waals surface area contributed by atoms with E-state index < -0.39 is 5.91 Å². The van der Waals surface area contributed by atoms with Crippen LogP contribution >= 0.6 is 0 Å². The first kappa shape index (κ1) is 19.6. The minimum absolute atomic E-state index is 0.00286. The van der Waals surface area contributed by atoms with Gasteiger partial charge in [0.25, 0.3) is 5.91 Å². The second-order valence-electron chi connectivity index (χ2n) is 7.22. The van der Waals surface area contributed by atoms with Crippen molar-refractivity contribution in [3.63, 3.8) is 0 Å². The Morgan fingerprint density at radius 3 is 2.77 bits per heavy atom. The van der Waals surface area contributed by atoms with E-state index in [0.717, 1.165) is 16.8 Å². The van der Waals surface area contributed by atoms with Crippen LogP contribution in [0.2, 0.25) is 0 Å². The van der Waals surface area contributed by atoms with E-state index in [1.807, 2.05) is 62.4 Å². The van der Waals surface area contributed by atoms with E-state index in [1.54, 1.807) is 4.90 Å². The Labute approximate surface area is 173 Å². The molecule has 154 valence electrons. The second-order valence-corrected chi connectivity index (χ2v) is 7.22. The lowest BCUT2D eigenvalue weighted by Crippen LogP contribution is -2.24. The van der Waals surface area contributed by atoms with E-state index in [1.165, 1.54) is 0 Å². The van der Waals surface area contributed by atoms with Gasteiger partial charge in [-0.2, -0.15) is 0 Å². The molecule has 1 aromatic heterocycles. The third-order valence-corrected chi connectivity index (χ3v) is 5.14. The Bertz CT molecular complexity index is 1060. The molecule has 0 saturated carbocycles. The summed E-state index contributed by atoms with van der Waals surface area (Å²) in [7, 11) is 0.